The zero-order valence-corrected chi connectivity index (χ0v) is 19.1. The van der Waals surface area contributed by atoms with Crippen molar-refractivity contribution in [2.45, 2.75) is 51.7 Å². The van der Waals surface area contributed by atoms with Gasteiger partial charge in [0.05, 0.1) is 20.1 Å². The Morgan fingerprint density at radius 1 is 1.07 bits per heavy atom. The molecular weight excluding hydrogens is 384 g/mol. The number of nitrogens with zero attached hydrogens (tertiary/aromatic N) is 4. The topological polar surface area (TPSA) is 65.6 Å². The molecule has 0 aromatic rings. The number of esters is 1. The molecule has 3 fully saturated rings. The molecular formula is C22H40N4O4. The molecule has 0 radical (unpaired) electrons. The van der Waals surface area contributed by atoms with Crippen molar-refractivity contribution in [1.29, 1.82) is 0 Å². The monoisotopic (exact) mass is 424 g/mol. The van der Waals surface area contributed by atoms with Crippen LogP contribution in [0.1, 0.15) is 39.5 Å². The molecule has 1 atom stereocenters. The number of likely N-dealkylation sites (tertiary alicyclic amines) is 1. The number of carbonyl (C=O) groups is 2. The van der Waals surface area contributed by atoms with E-state index in [9.17, 15) is 9.59 Å². The highest BCUT2D eigenvalue weighted by Gasteiger charge is 2.33. The van der Waals surface area contributed by atoms with Crippen LogP contribution in [0.15, 0.2) is 0 Å². The summed E-state index contributed by atoms with van der Waals surface area (Å²) in [6.45, 7) is 13.8. The summed E-state index contributed by atoms with van der Waals surface area (Å²) in [5.41, 5.74) is 0. The molecule has 30 heavy (non-hydrogen) atoms. The van der Waals surface area contributed by atoms with E-state index < -0.39 is 0 Å². The van der Waals surface area contributed by atoms with E-state index in [2.05, 4.69) is 28.5 Å². The van der Waals surface area contributed by atoms with Gasteiger partial charge in [0.2, 0.25) is 0 Å². The Labute approximate surface area is 181 Å². The number of ether oxygens (including phenoxy) is 2. The minimum absolute atomic E-state index is 0.0260. The van der Waals surface area contributed by atoms with E-state index in [1.54, 1.807) is 0 Å². The summed E-state index contributed by atoms with van der Waals surface area (Å²) in [4.78, 5) is 32.7. The molecule has 0 aromatic heterocycles. The van der Waals surface area contributed by atoms with Gasteiger partial charge in [-0.25, -0.2) is 4.79 Å². The average Bonchev–Trinajstić information content (AvgIpc) is 3.10. The lowest BCUT2D eigenvalue weighted by Crippen LogP contribution is -2.49. The lowest BCUT2D eigenvalue weighted by atomic mass is 9.93. The van der Waals surface area contributed by atoms with Crippen LogP contribution in [0.5, 0.6) is 0 Å². The molecule has 172 valence electrons. The quantitative estimate of drug-likeness (QED) is 0.520. The zero-order valence-electron chi connectivity index (χ0n) is 19.1. The second-order valence-corrected chi connectivity index (χ2v) is 9.28. The van der Waals surface area contributed by atoms with Gasteiger partial charge in [0.1, 0.15) is 6.10 Å². The fraction of sp³-hybridized carbons (Fsp3) is 0.909. The lowest BCUT2D eigenvalue weighted by Gasteiger charge is -2.35. The van der Waals surface area contributed by atoms with Crippen molar-refractivity contribution in [2.24, 2.45) is 5.92 Å². The summed E-state index contributed by atoms with van der Waals surface area (Å²) in [5, 5.41) is 0. The van der Waals surface area contributed by atoms with Gasteiger partial charge in [-0.05, 0) is 52.1 Å². The Balaban J connectivity index is 1.31. The van der Waals surface area contributed by atoms with Crippen LogP contribution in [-0.2, 0) is 14.3 Å². The van der Waals surface area contributed by atoms with Crippen LogP contribution < -0.4 is 0 Å². The van der Waals surface area contributed by atoms with Gasteiger partial charge >= 0.3 is 12.1 Å². The highest BCUT2D eigenvalue weighted by Crippen LogP contribution is 2.23. The fourth-order valence-corrected chi connectivity index (χ4v) is 4.78. The second kappa shape index (κ2) is 11.3. The average molecular weight is 425 g/mol. The molecule has 0 bridgehead atoms. The molecule has 0 spiro atoms. The van der Waals surface area contributed by atoms with E-state index in [-0.39, 0.29) is 18.2 Å². The number of amides is 1. The van der Waals surface area contributed by atoms with E-state index in [4.69, 9.17) is 9.47 Å². The largest absolute Gasteiger partial charge is 0.469 e. The first-order valence-electron chi connectivity index (χ1n) is 11.7. The molecule has 3 rings (SSSR count). The molecule has 3 saturated heterocycles. The van der Waals surface area contributed by atoms with Gasteiger partial charge in [0.25, 0.3) is 0 Å². The SMILES string of the molecule is COC(=O)CCN1CCN(CC2CN(CCC3CCN(C(C)C)CC3)C(=O)O2)CC1. The molecule has 8 heteroatoms. The molecule has 3 aliphatic heterocycles. The van der Waals surface area contributed by atoms with E-state index in [0.29, 0.717) is 19.0 Å². The number of cyclic esters (lactones) is 1. The first kappa shape index (κ1) is 23.3. The van der Waals surface area contributed by atoms with Crippen LogP contribution in [0.25, 0.3) is 0 Å². The van der Waals surface area contributed by atoms with Crippen LogP contribution in [0.3, 0.4) is 0 Å². The highest BCUT2D eigenvalue weighted by atomic mass is 16.6. The van der Waals surface area contributed by atoms with Gasteiger partial charge in [-0.15, -0.1) is 0 Å². The molecule has 0 aromatic carbocycles. The first-order valence-corrected chi connectivity index (χ1v) is 11.7. The van der Waals surface area contributed by atoms with Crippen molar-refractivity contribution in [3.63, 3.8) is 0 Å². The van der Waals surface area contributed by atoms with Crippen molar-refractivity contribution in [2.75, 3.05) is 72.6 Å². The minimum Gasteiger partial charge on any atom is -0.469 e. The smallest absolute Gasteiger partial charge is 0.410 e. The van der Waals surface area contributed by atoms with Crippen LogP contribution in [0.4, 0.5) is 4.79 Å². The number of piperidine rings is 1. The van der Waals surface area contributed by atoms with E-state index in [1.165, 1.54) is 33.0 Å². The third kappa shape index (κ3) is 6.82. The van der Waals surface area contributed by atoms with Crippen LogP contribution in [0.2, 0.25) is 0 Å². The lowest BCUT2D eigenvalue weighted by molar-refractivity contribution is -0.141. The van der Waals surface area contributed by atoms with Gasteiger partial charge in [0.15, 0.2) is 0 Å². The summed E-state index contributed by atoms with van der Waals surface area (Å²) in [7, 11) is 1.43. The first-order chi connectivity index (χ1) is 14.4. The Bertz CT molecular complexity index is 557. The Morgan fingerprint density at radius 3 is 2.37 bits per heavy atom. The predicted octanol–water partition coefficient (Wildman–Crippen LogP) is 1.50. The number of methoxy groups -OCH3 is 1. The van der Waals surface area contributed by atoms with Gasteiger partial charge in [-0.3, -0.25) is 9.69 Å². The van der Waals surface area contributed by atoms with Crippen molar-refractivity contribution >= 4 is 12.1 Å². The molecule has 0 N–H and O–H groups in total. The van der Waals surface area contributed by atoms with Crippen LogP contribution in [0, 0.1) is 5.92 Å². The summed E-state index contributed by atoms with van der Waals surface area (Å²) < 4.78 is 10.4. The molecule has 8 nitrogen and oxygen atoms in total. The van der Waals surface area contributed by atoms with Gasteiger partial charge in [-0.1, -0.05) is 0 Å². The second-order valence-electron chi connectivity index (χ2n) is 9.28. The summed E-state index contributed by atoms with van der Waals surface area (Å²) in [5.74, 6) is 0.575. The third-order valence-electron chi connectivity index (χ3n) is 6.92. The maximum atomic E-state index is 12.3. The van der Waals surface area contributed by atoms with Crippen molar-refractivity contribution < 1.29 is 19.1 Å². The standard InChI is InChI=1S/C22H40N4O4/c1-18(2)25-9-4-19(5-10-25)6-11-26-17-20(30-22(26)28)16-24-14-12-23(13-15-24)8-7-21(27)29-3/h18-20H,4-17H2,1-3H3. The molecule has 3 aliphatic rings. The van der Waals surface area contributed by atoms with E-state index in [1.807, 2.05) is 4.90 Å². The molecule has 0 saturated carbocycles. The number of hydrogen-bond acceptors (Lipinski definition) is 7. The summed E-state index contributed by atoms with van der Waals surface area (Å²) in [6, 6.07) is 0.634. The number of hydrogen-bond donors (Lipinski definition) is 0. The Hall–Kier alpha value is -1.38. The van der Waals surface area contributed by atoms with Crippen LogP contribution >= 0.6 is 0 Å². The van der Waals surface area contributed by atoms with Crippen LogP contribution in [-0.4, -0.2) is 116 Å². The summed E-state index contributed by atoms with van der Waals surface area (Å²) in [6.07, 6.45) is 3.85. The maximum Gasteiger partial charge on any atom is 0.410 e. The highest BCUT2D eigenvalue weighted by molar-refractivity contribution is 5.70. The number of piperazine rings is 1. The summed E-state index contributed by atoms with van der Waals surface area (Å²) >= 11 is 0. The fourth-order valence-electron chi connectivity index (χ4n) is 4.78. The van der Waals surface area contributed by atoms with E-state index >= 15 is 0 Å². The normalized spacial score (nSPS) is 25.1. The van der Waals surface area contributed by atoms with Crippen molar-refractivity contribution in [3.05, 3.63) is 0 Å². The third-order valence-corrected chi connectivity index (χ3v) is 6.92. The van der Waals surface area contributed by atoms with Gasteiger partial charge < -0.3 is 24.2 Å². The predicted molar refractivity (Wildman–Crippen MR) is 115 cm³/mol. The van der Waals surface area contributed by atoms with Crippen molar-refractivity contribution in [1.82, 2.24) is 19.6 Å². The molecule has 1 amide bonds. The number of carbonyl (C=O) groups excluding carboxylic acids is 2. The Morgan fingerprint density at radius 2 is 1.73 bits per heavy atom. The number of rotatable bonds is 9. The van der Waals surface area contributed by atoms with Gasteiger partial charge in [0, 0.05) is 51.9 Å². The van der Waals surface area contributed by atoms with Crippen molar-refractivity contribution in [3.8, 4) is 0 Å². The molecule has 1 unspecified atom stereocenters. The minimum atomic E-state index is -0.152. The molecule has 3 heterocycles. The van der Waals surface area contributed by atoms with Gasteiger partial charge in [-0.2, -0.15) is 0 Å². The maximum absolute atomic E-state index is 12.3. The zero-order chi connectivity index (χ0) is 21.5. The van der Waals surface area contributed by atoms with E-state index in [0.717, 1.165) is 58.2 Å². The molecule has 0 aliphatic carbocycles. The Kier molecular flexibility index (Phi) is 8.77.